The summed E-state index contributed by atoms with van der Waals surface area (Å²) in [4.78, 5) is 17.2. The maximum absolute atomic E-state index is 12.5. The van der Waals surface area contributed by atoms with Crippen LogP contribution in [0.5, 0.6) is 5.19 Å². The number of nitrogens with zero attached hydrogens (tertiary/aromatic N) is 4. The van der Waals surface area contributed by atoms with Crippen LogP contribution in [-0.2, 0) is 11.3 Å². The van der Waals surface area contributed by atoms with Crippen molar-refractivity contribution in [2.24, 2.45) is 5.41 Å². The molecule has 3 heterocycles. The van der Waals surface area contributed by atoms with Crippen molar-refractivity contribution in [2.45, 2.75) is 64.0 Å². The molecule has 2 saturated heterocycles. The minimum atomic E-state index is 0.281. The van der Waals surface area contributed by atoms with Crippen molar-refractivity contribution in [3.05, 3.63) is 5.01 Å². The number of rotatable bonds is 4. The third kappa shape index (κ3) is 3.67. The van der Waals surface area contributed by atoms with E-state index in [1.807, 2.05) is 0 Å². The number of piperidine rings is 2. The zero-order chi connectivity index (χ0) is 17.3. The van der Waals surface area contributed by atoms with Crippen molar-refractivity contribution in [1.82, 2.24) is 20.0 Å². The third-order valence-corrected chi connectivity index (χ3v) is 7.05. The van der Waals surface area contributed by atoms with Gasteiger partial charge in [-0.2, -0.15) is 0 Å². The van der Waals surface area contributed by atoms with Gasteiger partial charge in [0.15, 0.2) is 0 Å². The average molecular weight is 365 g/mol. The summed E-state index contributed by atoms with van der Waals surface area (Å²) in [7, 11) is 1.64. The van der Waals surface area contributed by atoms with E-state index in [1.54, 1.807) is 7.11 Å². The highest BCUT2D eigenvalue weighted by molar-refractivity contribution is 7.13. The third-order valence-electron chi connectivity index (χ3n) is 6.18. The molecule has 0 N–H and O–H groups in total. The number of likely N-dealkylation sites (tertiary alicyclic amines) is 2. The van der Waals surface area contributed by atoms with Crippen LogP contribution in [0.15, 0.2) is 0 Å². The van der Waals surface area contributed by atoms with E-state index in [2.05, 4.69) is 20.0 Å². The van der Waals surface area contributed by atoms with Gasteiger partial charge in [-0.05, 0) is 38.6 Å². The molecular formula is C18H28N4O2S. The van der Waals surface area contributed by atoms with Crippen LogP contribution in [0.3, 0.4) is 0 Å². The Morgan fingerprint density at radius 3 is 2.80 bits per heavy atom. The Kier molecular flexibility index (Phi) is 4.95. The fourth-order valence-corrected chi connectivity index (χ4v) is 5.64. The molecule has 0 unspecified atom stereocenters. The van der Waals surface area contributed by atoms with Crippen LogP contribution in [0.25, 0.3) is 0 Å². The molecule has 3 fully saturated rings. The Morgan fingerprint density at radius 2 is 2.04 bits per heavy atom. The number of hydrogen-bond acceptors (Lipinski definition) is 6. The summed E-state index contributed by atoms with van der Waals surface area (Å²) in [5.41, 5.74) is 0.281. The molecule has 25 heavy (non-hydrogen) atoms. The minimum absolute atomic E-state index is 0.281. The minimum Gasteiger partial charge on any atom is -0.472 e. The van der Waals surface area contributed by atoms with Crippen molar-refractivity contribution < 1.29 is 9.53 Å². The molecule has 7 heteroatoms. The summed E-state index contributed by atoms with van der Waals surface area (Å²) in [5, 5.41) is 9.95. The molecule has 1 atom stereocenters. The van der Waals surface area contributed by atoms with Crippen molar-refractivity contribution in [3.63, 3.8) is 0 Å². The number of hydrogen-bond donors (Lipinski definition) is 0. The van der Waals surface area contributed by atoms with Gasteiger partial charge in [0.05, 0.1) is 13.7 Å². The monoisotopic (exact) mass is 364 g/mol. The molecule has 0 radical (unpaired) electrons. The van der Waals surface area contributed by atoms with Gasteiger partial charge in [-0.3, -0.25) is 9.69 Å². The highest BCUT2D eigenvalue weighted by atomic mass is 32.1. The van der Waals surface area contributed by atoms with Gasteiger partial charge < -0.3 is 9.64 Å². The van der Waals surface area contributed by atoms with Crippen LogP contribution in [0.2, 0.25) is 0 Å². The highest BCUT2D eigenvalue weighted by Crippen LogP contribution is 2.41. The summed E-state index contributed by atoms with van der Waals surface area (Å²) < 4.78 is 5.16. The average Bonchev–Trinajstić information content (AvgIpc) is 3.29. The first-order chi connectivity index (χ1) is 12.2. The van der Waals surface area contributed by atoms with E-state index in [9.17, 15) is 4.79 Å². The van der Waals surface area contributed by atoms with E-state index in [0.29, 0.717) is 17.1 Å². The van der Waals surface area contributed by atoms with E-state index in [1.165, 1.54) is 49.9 Å². The van der Waals surface area contributed by atoms with Crippen molar-refractivity contribution in [1.29, 1.82) is 0 Å². The standard InChI is InChI=1S/C18H28N4O2S/c1-24-17-20-19-15(25-17)11-21-10-4-8-18(12-21)9-7-16(23)22(13-18)14-5-2-3-6-14/h14H,2-13H2,1H3/t18-/m1/s1. The van der Waals surface area contributed by atoms with Crippen LogP contribution in [0.4, 0.5) is 0 Å². The summed E-state index contributed by atoms with van der Waals surface area (Å²) in [6.45, 7) is 4.00. The first-order valence-corrected chi connectivity index (χ1v) is 10.4. The van der Waals surface area contributed by atoms with E-state index in [-0.39, 0.29) is 5.41 Å². The molecule has 6 nitrogen and oxygen atoms in total. The van der Waals surface area contributed by atoms with Crippen LogP contribution >= 0.6 is 11.3 Å². The quantitative estimate of drug-likeness (QED) is 0.822. The molecule has 2 aliphatic heterocycles. The van der Waals surface area contributed by atoms with E-state index in [0.717, 1.165) is 44.0 Å². The molecule has 1 amide bonds. The number of carbonyl (C=O) groups excluding carboxylic acids is 1. The van der Waals surface area contributed by atoms with E-state index < -0.39 is 0 Å². The Balaban J connectivity index is 1.42. The molecule has 4 rings (SSSR count). The van der Waals surface area contributed by atoms with Gasteiger partial charge in [0.2, 0.25) is 5.91 Å². The Morgan fingerprint density at radius 1 is 1.20 bits per heavy atom. The maximum atomic E-state index is 12.5. The van der Waals surface area contributed by atoms with Crippen LogP contribution < -0.4 is 4.74 Å². The zero-order valence-electron chi connectivity index (χ0n) is 15.1. The van der Waals surface area contributed by atoms with Gasteiger partial charge in [-0.15, -0.1) is 10.2 Å². The van der Waals surface area contributed by atoms with Crippen LogP contribution in [0.1, 0.15) is 56.4 Å². The highest BCUT2D eigenvalue weighted by Gasteiger charge is 2.43. The SMILES string of the molecule is COc1nnc(CN2CCC[C@@]3(CCC(=O)N(C4CCCC4)C3)C2)s1. The number of carbonyl (C=O) groups is 1. The lowest BCUT2D eigenvalue weighted by Gasteiger charge is -2.49. The largest absolute Gasteiger partial charge is 0.472 e. The van der Waals surface area contributed by atoms with Crippen molar-refractivity contribution >= 4 is 17.2 Å². The molecule has 1 aliphatic carbocycles. The normalized spacial score (nSPS) is 28.8. The Bertz CT molecular complexity index is 616. The van der Waals surface area contributed by atoms with E-state index >= 15 is 0 Å². The second-order valence-corrected chi connectivity index (χ2v) is 8.96. The molecule has 0 bridgehead atoms. The molecule has 3 aliphatic rings. The summed E-state index contributed by atoms with van der Waals surface area (Å²) in [6, 6.07) is 0.507. The maximum Gasteiger partial charge on any atom is 0.293 e. The van der Waals surface area contributed by atoms with Gasteiger partial charge in [0, 0.05) is 31.0 Å². The second kappa shape index (κ2) is 7.19. The molecule has 1 aromatic rings. The predicted octanol–water partition coefficient (Wildman–Crippen LogP) is 2.69. The summed E-state index contributed by atoms with van der Waals surface area (Å²) in [5.74, 6) is 0.392. The van der Waals surface area contributed by atoms with E-state index in [4.69, 9.17) is 4.74 Å². The first-order valence-electron chi connectivity index (χ1n) is 9.56. The smallest absolute Gasteiger partial charge is 0.293 e. The molecule has 1 aromatic heterocycles. The topological polar surface area (TPSA) is 58.6 Å². The number of ether oxygens (including phenoxy) is 1. The Hall–Kier alpha value is -1.21. The number of methoxy groups -OCH3 is 1. The van der Waals surface area contributed by atoms with Gasteiger partial charge in [-0.1, -0.05) is 24.2 Å². The predicted molar refractivity (Wildman–Crippen MR) is 96.6 cm³/mol. The first kappa shape index (κ1) is 17.2. The molecule has 138 valence electrons. The lowest BCUT2D eigenvalue weighted by molar-refractivity contribution is -0.142. The molecule has 0 aromatic carbocycles. The number of aromatic nitrogens is 2. The lowest BCUT2D eigenvalue weighted by atomic mass is 9.73. The fourth-order valence-electron chi connectivity index (χ4n) is 4.95. The van der Waals surface area contributed by atoms with Crippen LogP contribution in [-0.4, -0.2) is 58.7 Å². The zero-order valence-corrected chi connectivity index (χ0v) is 15.9. The molecular weight excluding hydrogens is 336 g/mol. The lowest BCUT2D eigenvalue weighted by Crippen LogP contribution is -2.55. The number of amides is 1. The van der Waals surface area contributed by atoms with Crippen molar-refractivity contribution in [3.8, 4) is 5.19 Å². The van der Waals surface area contributed by atoms with Crippen molar-refractivity contribution in [2.75, 3.05) is 26.7 Å². The fraction of sp³-hybridized carbons (Fsp3) is 0.833. The van der Waals surface area contributed by atoms with Crippen LogP contribution in [0, 0.1) is 5.41 Å². The summed E-state index contributed by atoms with van der Waals surface area (Å²) >= 11 is 1.53. The van der Waals surface area contributed by atoms with Gasteiger partial charge in [0.25, 0.3) is 5.19 Å². The Labute approximate surface area is 153 Å². The second-order valence-electron chi connectivity index (χ2n) is 7.94. The summed E-state index contributed by atoms with van der Waals surface area (Å²) in [6.07, 6.45) is 9.22. The van der Waals surface area contributed by atoms with Gasteiger partial charge >= 0.3 is 0 Å². The molecule has 1 saturated carbocycles. The molecule has 1 spiro atoms. The van der Waals surface area contributed by atoms with Gasteiger partial charge in [0.1, 0.15) is 5.01 Å². The van der Waals surface area contributed by atoms with Gasteiger partial charge in [-0.25, -0.2) is 0 Å².